The standard InChI is InChI=1S/C16H25N3O5.C2HF3O2/c1-16(2,3)24-15(23)11(18-12(20)10-17)6-4-5-9-19-13(21)7-8-14(19)22;3-2(4,5)1(6)7/h7-8,11H,4-6,9-10,17H2,1-3H3,(H,18,20);(H,6,7)/t11-;/m0./s1. The summed E-state index contributed by atoms with van der Waals surface area (Å²) in [6.45, 7) is 5.28. The first kappa shape index (κ1) is 28.0. The molecule has 0 spiro atoms. The molecular formula is C18H26F3N3O7. The van der Waals surface area contributed by atoms with E-state index in [2.05, 4.69) is 5.32 Å². The van der Waals surface area contributed by atoms with Gasteiger partial charge in [0.05, 0.1) is 6.54 Å². The van der Waals surface area contributed by atoms with E-state index in [1.54, 1.807) is 20.8 Å². The molecular weight excluding hydrogens is 427 g/mol. The van der Waals surface area contributed by atoms with Crippen molar-refractivity contribution in [3.63, 3.8) is 0 Å². The van der Waals surface area contributed by atoms with Crippen molar-refractivity contribution in [3.8, 4) is 0 Å². The zero-order chi connectivity index (χ0) is 24.4. The summed E-state index contributed by atoms with van der Waals surface area (Å²) in [6.07, 6.45) is -1.23. The lowest BCUT2D eigenvalue weighted by atomic mass is 10.1. The number of halogens is 3. The first-order valence-electron chi connectivity index (χ1n) is 9.14. The number of amides is 3. The minimum Gasteiger partial charge on any atom is -0.475 e. The van der Waals surface area contributed by atoms with Crippen LogP contribution in [0.5, 0.6) is 0 Å². The second-order valence-electron chi connectivity index (χ2n) is 7.32. The van der Waals surface area contributed by atoms with Crippen LogP contribution in [0.3, 0.4) is 0 Å². The number of nitrogens with zero attached hydrogens (tertiary/aromatic N) is 1. The van der Waals surface area contributed by atoms with Crippen molar-refractivity contribution in [2.75, 3.05) is 13.1 Å². The van der Waals surface area contributed by atoms with Crippen molar-refractivity contribution < 1.29 is 47.0 Å². The first-order chi connectivity index (χ1) is 14.1. The summed E-state index contributed by atoms with van der Waals surface area (Å²) in [5.74, 6) is -4.40. The van der Waals surface area contributed by atoms with Crippen LogP contribution in [0, 0.1) is 0 Å². The van der Waals surface area contributed by atoms with E-state index in [0.717, 1.165) is 4.90 Å². The molecule has 0 radical (unpaired) electrons. The Morgan fingerprint density at radius 2 is 1.61 bits per heavy atom. The number of ether oxygens (including phenoxy) is 1. The fraction of sp³-hybridized carbons (Fsp3) is 0.611. The van der Waals surface area contributed by atoms with Gasteiger partial charge in [-0.25, -0.2) is 9.59 Å². The monoisotopic (exact) mass is 453 g/mol. The minimum atomic E-state index is -5.08. The van der Waals surface area contributed by atoms with Crippen molar-refractivity contribution >= 4 is 29.7 Å². The lowest BCUT2D eigenvalue weighted by Crippen LogP contribution is -2.46. The van der Waals surface area contributed by atoms with E-state index in [1.165, 1.54) is 12.2 Å². The summed E-state index contributed by atoms with van der Waals surface area (Å²) in [5.41, 5.74) is 4.60. The third kappa shape index (κ3) is 11.7. The van der Waals surface area contributed by atoms with E-state index in [0.29, 0.717) is 19.3 Å². The Balaban J connectivity index is 0.00000110. The van der Waals surface area contributed by atoms with Gasteiger partial charge in [-0.15, -0.1) is 0 Å². The van der Waals surface area contributed by atoms with E-state index in [9.17, 15) is 32.3 Å². The number of hydrogen-bond acceptors (Lipinski definition) is 7. The molecule has 1 rings (SSSR count). The highest BCUT2D eigenvalue weighted by Gasteiger charge is 2.38. The second kappa shape index (κ2) is 12.0. The van der Waals surface area contributed by atoms with Crippen molar-refractivity contribution in [2.45, 2.75) is 57.9 Å². The maximum atomic E-state index is 12.2. The Morgan fingerprint density at radius 3 is 2.00 bits per heavy atom. The molecule has 1 atom stereocenters. The van der Waals surface area contributed by atoms with Crippen LogP contribution in [-0.2, 0) is 28.7 Å². The molecule has 1 aliphatic heterocycles. The number of imide groups is 1. The Bertz CT molecular complexity index is 697. The largest absolute Gasteiger partial charge is 0.490 e. The molecule has 0 aromatic rings. The maximum Gasteiger partial charge on any atom is 0.490 e. The smallest absolute Gasteiger partial charge is 0.475 e. The van der Waals surface area contributed by atoms with Crippen LogP contribution in [-0.4, -0.2) is 70.6 Å². The van der Waals surface area contributed by atoms with Crippen molar-refractivity contribution in [1.82, 2.24) is 10.2 Å². The molecule has 0 fully saturated rings. The van der Waals surface area contributed by atoms with Crippen molar-refractivity contribution in [1.29, 1.82) is 0 Å². The number of carbonyl (C=O) groups excluding carboxylic acids is 4. The third-order valence-electron chi connectivity index (χ3n) is 3.48. The molecule has 4 N–H and O–H groups in total. The number of nitrogens with two attached hydrogens (primary N) is 1. The zero-order valence-corrected chi connectivity index (χ0v) is 17.3. The van der Waals surface area contributed by atoms with E-state index in [-0.39, 0.29) is 24.9 Å². The molecule has 0 saturated heterocycles. The molecule has 0 aromatic heterocycles. The maximum absolute atomic E-state index is 12.2. The summed E-state index contributed by atoms with van der Waals surface area (Å²) < 4.78 is 37.0. The molecule has 13 heteroatoms. The number of aliphatic carboxylic acids is 1. The highest BCUT2D eigenvalue weighted by atomic mass is 19.4. The van der Waals surface area contributed by atoms with Gasteiger partial charge in [0.1, 0.15) is 11.6 Å². The summed E-state index contributed by atoms with van der Waals surface area (Å²) in [6, 6.07) is -0.802. The zero-order valence-electron chi connectivity index (χ0n) is 17.3. The molecule has 0 bridgehead atoms. The van der Waals surface area contributed by atoms with Crippen LogP contribution in [0.4, 0.5) is 13.2 Å². The van der Waals surface area contributed by atoms with Gasteiger partial charge in [-0.2, -0.15) is 13.2 Å². The van der Waals surface area contributed by atoms with E-state index in [4.69, 9.17) is 20.4 Å². The predicted octanol–water partition coefficient (Wildman–Crippen LogP) is 0.500. The summed E-state index contributed by atoms with van der Waals surface area (Å²) in [4.78, 5) is 56.5. The number of unbranched alkanes of at least 4 members (excludes halogenated alkanes) is 1. The molecule has 0 saturated carbocycles. The summed E-state index contributed by atoms with van der Waals surface area (Å²) >= 11 is 0. The van der Waals surface area contributed by atoms with Gasteiger partial charge in [-0.05, 0) is 40.0 Å². The van der Waals surface area contributed by atoms with Gasteiger partial charge >= 0.3 is 18.1 Å². The third-order valence-corrected chi connectivity index (χ3v) is 3.48. The number of alkyl halides is 3. The van der Waals surface area contributed by atoms with Crippen LogP contribution < -0.4 is 11.1 Å². The highest BCUT2D eigenvalue weighted by Crippen LogP contribution is 2.14. The minimum absolute atomic E-state index is 0.220. The Hall–Kier alpha value is -2.96. The Labute approximate surface area is 176 Å². The number of esters is 1. The fourth-order valence-electron chi connectivity index (χ4n) is 2.15. The number of carbonyl (C=O) groups is 5. The lowest BCUT2D eigenvalue weighted by molar-refractivity contribution is -0.192. The average Bonchev–Trinajstić information content (AvgIpc) is 2.93. The van der Waals surface area contributed by atoms with Gasteiger partial charge in [0.2, 0.25) is 5.91 Å². The molecule has 31 heavy (non-hydrogen) atoms. The molecule has 1 heterocycles. The van der Waals surface area contributed by atoms with Gasteiger partial charge in [0, 0.05) is 18.7 Å². The lowest BCUT2D eigenvalue weighted by Gasteiger charge is -2.24. The van der Waals surface area contributed by atoms with Crippen LogP contribution in [0.2, 0.25) is 0 Å². The van der Waals surface area contributed by atoms with Gasteiger partial charge in [0.25, 0.3) is 11.8 Å². The molecule has 1 aliphatic rings. The second-order valence-corrected chi connectivity index (χ2v) is 7.32. The van der Waals surface area contributed by atoms with Crippen LogP contribution in [0.1, 0.15) is 40.0 Å². The first-order valence-corrected chi connectivity index (χ1v) is 9.14. The molecule has 176 valence electrons. The van der Waals surface area contributed by atoms with Gasteiger partial charge in [-0.1, -0.05) is 0 Å². The van der Waals surface area contributed by atoms with E-state index < -0.39 is 35.7 Å². The van der Waals surface area contributed by atoms with E-state index in [1.807, 2.05) is 0 Å². The number of rotatable bonds is 8. The summed E-state index contributed by atoms with van der Waals surface area (Å²) in [7, 11) is 0. The van der Waals surface area contributed by atoms with Gasteiger partial charge in [-0.3, -0.25) is 19.3 Å². The quantitative estimate of drug-likeness (QED) is 0.273. The molecule has 0 aromatic carbocycles. The summed E-state index contributed by atoms with van der Waals surface area (Å²) in [5, 5.41) is 9.66. The highest BCUT2D eigenvalue weighted by molar-refractivity contribution is 6.12. The van der Waals surface area contributed by atoms with Crippen LogP contribution in [0.25, 0.3) is 0 Å². The number of carboxylic acids is 1. The topological polar surface area (TPSA) is 156 Å². The predicted molar refractivity (Wildman–Crippen MR) is 100 cm³/mol. The number of nitrogens with one attached hydrogen (secondary N) is 1. The SMILES string of the molecule is CC(C)(C)OC(=O)[C@H](CCCCN1C(=O)C=CC1=O)NC(=O)CN.O=C(O)C(F)(F)F. The molecule has 0 aliphatic carbocycles. The Kier molecular flexibility index (Phi) is 10.9. The van der Waals surface area contributed by atoms with Gasteiger partial charge in [0.15, 0.2) is 0 Å². The van der Waals surface area contributed by atoms with E-state index >= 15 is 0 Å². The average molecular weight is 453 g/mol. The fourth-order valence-corrected chi connectivity index (χ4v) is 2.15. The Morgan fingerprint density at radius 1 is 1.13 bits per heavy atom. The normalized spacial score (nSPS) is 14.6. The van der Waals surface area contributed by atoms with Crippen LogP contribution >= 0.6 is 0 Å². The molecule has 3 amide bonds. The molecule has 0 unspecified atom stereocenters. The number of hydrogen-bond donors (Lipinski definition) is 3. The molecule has 10 nitrogen and oxygen atoms in total. The van der Waals surface area contributed by atoms with Crippen LogP contribution in [0.15, 0.2) is 12.2 Å². The van der Waals surface area contributed by atoms with Crippen molar-refractivity contribution in [3.05, 3.63) is 12.2 Å². The van der Waals surface area contributed by atoms with Gasteiger partial charge < -0.3 is 20.9 Å². The van der Waals surface area contributed by atoms with Crippen molar-refractivity contribution in [2.24, 2.45) is 5.73 Å². The number of carboxylic acid groups (broad SMARTS) is 1.